The van der Waals surface area contributed by atoms with Gasteiger partial charge in [-0.25, -0.2) is 0 Å². The largest absolute Gasteiger partial charge is 0.495 e. The van der Waals surface area contributed by atoms with E-state index in [-0.39, 0.29) is 12.5 Å². The SMILES string of the molecule is COc1ccc(C)cc1NCC(=O)N(C)Cc1ccc(C)o1. The summed E-state index contributed by atoms with van der Waals surface area (Å²) in [4.78, 5) is 13.8. The van der Waals surface area contributed by atoms with Gasteiger partial charge in [0.15, 0.2) is 0 Å². The van der Waals surface area contributed by atoms with E-state index in [9.17, 15) is 4.79 Å². The van der Waals surface area contributed by atoms with Crippen LogP contribution >= 0.6 is 0 Å². The Morgan fingerprint density at radius 1 is 1.27 bits per heavy atom. The predicted molar refractivity (Wildman–Crippen MR) is 86.1 cm³/mol. The maximum Gasteiger partial charge on any atom is 0.242 e. The van der Waals surface area contributed by atoms with Crippen LogP contribution in [0.3, 0.4) is 0 Å². The highest BCUT2D eigenvalue weighted by Crippen LogP contribution is 2.24. The molecule has 0 atom stereocenters. The molecule has 0 radical (unpaired) electrons. The number of amides is 1. The van der Waals surface area contributed by atoms with Gasteiger partial charge in [0.05, 0.1) is 25.9 Å². The molecule has 5 nitrogen and oxygen atoms in total. The molecule has 118 valence electrons. The van der Waals surface area contributed by atoms with Crippen LogP contribution in [0.2, 0.25) is 0 Å². The molecule has 1 N–H and O–H groups in total. The number of nitrogens with one attached hydrogen (secondary N) is 1. The lowest BCUT2D eigenvalue weighted by Gasteiger charge is -2.17. The van der Waals surface area contributed by atoms with Crippen LogP contribution in [0.15, 0.2) is 34.7 Å². The van der Waals surface area contributed by atoms with Crippen LogP contribution in [0.25, 0.3) is 0 Å². The molecule has 2 rings (SSSR count). The Kier molecular flexibility index (Phi) is 5.09. The Balaban J connectivity index is 1.93. The zero-order chi connectivity index (χ0) is 16.1. The summed E-state index contributed by atoms with van der Waals surface area (Å²) in [5, 5.41) is 3.13. The second kappa shape index (κ2) is 7.02. The molecule has 0 bridgehead atoms. The first-order valence-corrected chi connectivity index (χ1v) is 7.17. The van der Waals surface area contributed by atoms with Gasteiger partial charge in [-0.15, -0.1) is 0 Å². The van der Waals surface area contributed by atoms with Gasteiger partial charge in [0.1, 0.15) is 17.3 Å². The van der Waals surface area contributed by atoms with Crippen LogP contribution in [0, 0.1) is 13.8 Å². The van der Waals surface area contributed by atoms with E-state index in [0.29, 0.717) is 6.54 Å². The summed E-state index contributed by atoms with van der Waals surface area (Å²) in [6, 6.07) is 9.59. The average Bonchev–Trinajstić information content (AvgIpc) is 2.90. The van der Waals surface area contributed by atoms with E-state index in [2.05, 4.69) is 5.32 Å². The Morgan fingerprint density at radius 3 is 2.68 bits per heavy atom. The second-order valence-corrected chi connectivity index (χ2v) is 5.32. The highest BCUT2D eigenvalue weighted by molar-refractivity contribution is 5.81. The topological polar surface area (TPSA) is 54.7 Å². The van der Waals surface area contributed by atoms with Crippen molar-refractivity contribution < 1.29 is 13.9 Å². The first kappa shape index (κ1) is 15.9. The lowest BCUT2D eigenvalue weighted by Crippen LogP contribution is -2.31. The lowest BCUT2D eigenvalue weighted by atomic mass is 10.2. The molecule has 22 heavy (non-hydrogen) atoms. The molecule has 5 heteroatoms. The first-order valence-electron chi connectivity index (χ1n) is 7.17. The minimum Gasteiger partial charge on any atom is -0.495 e. The molecule has 1 amide bonds. The van der Waals surface area contributed by atoms with Crippen LogP contribution in [0.4, 0.5) is 5.69 Å². The van der Waals surface area contributed by atoms with Gasteiger partial charge < -0.3 is 19.4 Å². The lowest BCUT2D eigenvalue weighted by molar-refractivity contribution is -0.128. The number of hydrogen-bond donors (Lipinski definition) is 1. The third-order valence-electron chi connectivity index (χ3n) is 3.40. The number of carbonyl (C=O) groups excluding carboxylic acids is 1. The molecular formula is C17H22N2O3. The van der Waals surface area contributed by atoms with E-state index in [1.165, 1.54) is 0 Å². The van der Waals surface area contributed by atoms with Crippen LogP contribution in [0.5, 0.6) is 5.75 Å². The molecule has 1 heterocycles. The smallest absolute Gasteiger partial charge is 0.242 e. The van der Waals surface area contributed by atoms with Crippen molar-refractivity contribution in [3.05, 3.63) is 47.4 Å². The normalized spacial score (nSPS) is 10.4. The van der Waals surface area contributed by atoms with E-state index in [1.807, 2.05) is 44.2 Å². The number of aryl methyl sites for hydroxylation is 2. The number of likely N-dealkylation sites (N-methyl/N-ethyl adjacent to an activating group) is 1. The molecule has 0 saturated carbocycles. The molecule has 1 aromatic carbocycles. The number of benzene rings is 1. The fraction of sp³-hybridized carbons (Fsp3) is 0.353. The average molecular weight is 302 g/mol. The molecule has 0 fully saturated rings. The maximum atomic E-state index is 12.2. The first-order chi connectivity index (χ1) is 10.5. The number of ether oxygens (including phenoxy) is 1. The van der Waals surface area contributed by atoms with E-state index < -0.39 is 0 Å². The van der Waals surface area contributed by atoms with Gasteiger partial charge in [-0.1, -0.05) is 6.07 Å². The van der Waals surface area contributed by atoms with E-state index >= 15 is 0 Å². The molecule has 0 unspecified atom stereocenters. The van der Waals surface area contributed by atoms with Crippen molar-refractivity contribution in [2.45, 2.75) is 20.4 Å². The summed E-state index contributed by atoms with van der Waals surface area (Å²) >= 11 is 0. The summed E-state index contributed by atoms with van der Waals surface area (Å²) in [7, 11) is 3.37. The van der Waals surface area contributed by atoms with Gasteiger partial charge >= 0.3 is 0 Å². The molecule has 0 aliphatic heterocycles. The number of furan rings is 1. The number of carbonyl (C=O) groups is 1. The highest BCUT2D eigenvalue weighted by Gasteiger charge is 2.12. The Labute approximate surface area is 130 Å². The number of methoxy groups -OCH3 is 1. The zero-order valence-corrected chi connectivity index (χ0v) is 13.5. The van der Waals surface area contributed by atoms with Crippen LogP contribution in [-0.2, 0) is 11.3 Å². The summed E-state index contributed by atoms with van der Waals surface area (Å²) in [6.07, 6.45) is 0. The Morgan fingerprint density at radius 2 is 2.05 bits per heavy atom. The van der Waals surface area contributed by atoms with Crippen molar-refractivity contribution in [1.82, 2.24) is 4.90 Å². The molecule has 0 aliphatic rings. The van der Waals surface area contributed by atoms with Crippen LogP contribution < -0.4 is 10.1 Å². The van der Waals surface area contributed by atoms with Crippen molar-refractivity contribution in [3.63, 3.8) is 0 Å². The van der Waals surface area contributed by atoms with Crippen LogP contribution in [-0.4, -0.2) is 31.5 Å². The number of nitrogens with zero attached hydrogens (tertiary/aromatic N) is 1. The van der Waals surface area contributed by atoms with Gasteiger partial charge in [0.2, 0.25) is 5.91 Å². The molecule has 0 spiro atoms. The monoisotopic (exact) mass is 302 g/mol. The number of rotatable bonds is 6. The third kappa shape index (κ3) is 4.04. The predicted octanol–water partition coefficient (Wildman–Crippen LogP) is 2.98. The van der Waals surface area contributed by atoms with Gasteiger partial charge in [-0.05, 0) is 43.7 Å². The summed E-state index contributed by atoms with van der Waals surface area (Å²) in [5.41, 5.74) is 1.92. The molecule has 0 saturated heterocycles. The summed E-state index contributed by atoms with van der Waals surface area (Å²) < 4.78 is 10.8. The summed E-state index contributed by atoms with van der Waals surface area (Å²) in [5.74, 6) is 2.33. The highest BCUT2D eigenvalue weighted by atomic mass is 16.5. The van der Waals surface area contributed by atoms with Gasteiger partial charge in [0.25, 0.3) is 0 Å². The standard InChI is InChI=1S/C17H22N2O3/c1-12-5-8-16(21-4)15(9-12)18-10-17(20)19(3)11-14-7-6-13(2)22-14/h5-9,18H,10-11H2,1-4H3. The molecule has 2 aromatic rings. The van der Waals surface area contributed by atoms with Gasteiger partial charge in [-0.3, -0.25) is 4.79 Å². The van der Waals surface area contributed by atoms with E-state index in [0.717, 1.165) is 28.5 Å². The molecule has 1 aromatic heterocycles. The molecule has 0 aliphatic carbocycles. The van der Waals surface area contributed by atoms with Crippen molar-refractivity contribution in [3.8, 4) is 5.75 Å². The molecular weight excluding hydrogens is 280 g/mol. The van der Waals surface area contributed by atoms with Crippen molar-refractivity contribution in [2.75, 3.05) is 26.0 Å². The van der Waals surface area contributed by atoms with Gasteiger partial charge in [0, 0.05) is 7.05 Å². The van der Waals surface area contributed by atoms with E-state index in [4.69, 9.17) is 9.15 Å². The second-order valence-electron chi connectivity index (χ2n) is 5.32. The van der Waals surface area contributed by atoms with Gasteiger partial charge in [-0.2, -0.15) is 0 Å². The van der Waals surface area contributed by atoms with Crippen molar-refractivity contribution in [1.29, 1.82) is 0 Å². The van der Waals surface area contributed by atoms with Crippen molar-refractivity contribution >= 4 is 11.6 Å². The third-order valence-corrected chi connectivity index (χ3v) is 3.40. The minimum absolute atomic E-state index is 0.0161. The maximum absolute atomic E-state index is 12.2. The van der Waals surface area contributed by atoms with Crippen LogP contribution in [0.1, 0.15) is 17.1 Å². The fourth-order valence-electron chi connectivity index (χ4n) is 2.16. The number of hydrogen-bond acceptors (Lipinski definition) is 4. The van der Waals surface area contributed by atoms with Crippen molar-refractivity contribution in [2.24, 2.45) is 0 Å². The Bertz CT molecular complexity index is 649. The Hall–Kier alpha value is -2.43. The quantitative estimate of drug-likeness (QED) is 0.891. The van der Waals surface area contributed by atoms with E-state index in [1.54, 1.807) is 19.1 Å². The summed E-state index contributed by atoms with van der Waals surface area (Å²) in [6.45, 7) is 4.55. The fourth-order valence-corrected chi connectivity index (χ4v) is 2.16. The minimum atomic E-state index is -0.0161. The number of anilines is 1. The zero-order valence-electron chi connectivity index (χ0n) is 13.5.